The van der Waals surface area contributed by atoms with Crippen LogP contribution in [-0.2, 0) is 22.4 Å². The molecule has 0 saturated carbocycles. The van der Waals surface area contributed by atoms with Crippen LogP contribution in [0.15, 0.2) is 36.4 Å². The molecule has 3 aliphatic rings. The third-order valence-electron chi connectivity index (χ3n) is 8.23. The molecule has 3 amide bonds. The zero-order valence-corrected chi connectivity index (χ0v) is 24.1. The molecule has 0 atom stereocenters. The number of carbonyl (C=O) groups excluding carboxylic acids is 4. The van der Waals surface area contributed by atoms with Crippen molar-refractivity contribution in [1.82, 2.24) is 14.7 Å². The smallest absolute Gasteiger partial charge is 0.341 e. The number of benzene rings is 2. The minimum atomic E-state index is -0.360. The number of hydrogen-bond acceptors (Lipinski definition) is 8. The highest BCUT2D eigenvalue weighted by Gasteiger charge is 2.33. The maximum absolute atomic E-state index is 13.2. The Morgan fingerprint density at radius 3 is 2.24 bits per heavy atom. The summed E-state index contributed by atoms with van der Waals surface area (Å²) in [6, 6.07) is 11.1. The number of aryl methyl sites for hydroxylation is 1. The summed E-state index contributed by atoms with van der Waals surface area (Å²) < 4.78 is 5.30. The van der Waals surface area contributed by atoms with E-state index in [1.54, 1.807) is 19.1 Å². The number of anilines is 1. The number of rotatable bonds is 8. The molecule has 0 spiro atoms. The van der Waals surface area contributed by atoms with Gasteiger partial charge in [-0.1, -0.05) is 24.3 Å². The Morgan fingerprint density at radius 1 is 0.902 bits per heavy atom. The zero-order chi connectivity index (χ0) is 28.5. The van der Waals surface area contributed by atoms with Gasteiger partial charge in [0, 0.05) is 60.7 Å². The lowest BCUT2D eigenvalue weighted by atomic mass is 9.94. The van der Waals surface area contributed by atoms with E-state index in [1.807, 2.05) is 24.3 Å². The van der Waals surface area contributed by atoms with Crippen LogP contribution in [0.1, 0.15) is 61.3 Å². The highest BCUT2D eigenvalue weighted by molar-refractivity contribution is 7.17. The molecule has 2 aromatic carbocycles. The van der Waals surface area contributed by atoms with Crippen LogP contribution in [0.2, 0.25) is 0 Å². The van der Waals surface area contributed by atoms with Crippen LogP contribution in [0.3, 0.4) is 0 Å². The topological polar surface area (TPSA) is 99.3 Å². The number of esters is 1. The van der Waals surface area contributed by atoms with Gasteiger partial charge in [0.2, 0.25) is 5.91 Å². The van der Waals surface area contributed by atoms with Gasteiger partial charge in [-0.25, -0.2) is 4.79 Å². The van der Waals surface area contributed by atoms with Crippen molar-refractivity contribution in [3.63, 3.8) is 0 Å². The predicted molar refractivity (Wildman–Crippen MR) is 158 cm³/mol. The van der Waals surface area contributed by atoms with E-state index in [1.165, 1.54) is 21.1 Å². The molecular formula is C31H34N4O5S. The van der Waals surface area contributed by atoms with E-state index >= 15 is 0 Å². The fourth-order valence-corrected chi connectivity index (χ4v) is 7.43. The first-order valence-corrected chi connectivity index (χ1v) is 15.2. The minimum absolute atomic E-state index is 0.139. The monoisotopic (exact) mass is 574 g/mol. The molecule has 1 saturated heterocycles. The number of hydrogen-bond donors (Lipinski definition) is 1. The summed E-state index contributed by atoms with van der Waals surface area (Å²) in [6.45, 7) is 6.09. The lowest BCUT2D eigenvalue weighted by Gasteiger charge is -2.35. The van der Waals surface area contributed by atoms with Crippen LogP contribution in [0.5, 0.6) is 0 Å². The second kappa shape index (κ2) is 11.7. The van der Waals surface area contributed by atoms with E-state index < -0.39 is 0 Å². The Kier molecular flexibility index (Phi) is 7.88. The molecule has 6 rings (SSSR count). The third kappa shape index (κ3) is 5.39. The molecule has 1 aromatic heterocycles. The van der Waals surface area contributed by atoms with Gasteiger partial charge in [-0.05, 0) is 55.7 Å². The highest BCUT2D eigenvalue weighted by atomic mass is 32.1. The lowest BCUT2D eigenvalue weighted by Crippen LogP contribution is -2.51. The Balaban J connectivity index is 1.02. The molecular weight excluding hydrogens is 540 g/mol. The van der Waals surface area contributed by atoms with Crippen molar-refractivity contribution in [3.8, 4) is 0 Å². The Hall–Kier alpha value is -3.60. The molecule has 214 valence electrons. The molecule has 9 nitrogen and oxygen atoms in total. The van der Waals surface area contributed by atoms with E-state index in [0.29, 0.717) is 54.5 Å². The summed E-state index contributed by atoms with van der Waals surface area (Å²) in [4.78, 5) is 58.9. The zero-order valence-electron chi connectivity index (χ0n) is 23.2. The van der Waals surface area contributed by atoms with Gasteiger partial charge in [-0.15, -0.1) is 11.3 Å². The molecule has 10 heteroatoms. The molecule has 0 unspecified atom stereocenters. The number of carbonyl (C=O) groups is 4. The third-order valence-corrected chi connectivity index (χ3v) is 9.44. The second-order valence-electron chi connectivity index (χ2n) is 10.8. The molecule has 1 aliphatic carbocycles. The number of nitrogens with zero attached hydrogens (tertiary/aromatic N) is 3. The van der Waals surface area contributed by atoms with Gasteiger partial charge in [-0.3, -0.25) is 29.1 Å². The number of amides is 3. The number of ether oxygens (including phenoxy) is 1. The molecule has 1 N–H and O–H groups in total. The molecule has 3 aromatic rings. The van der Waals surface area contributed by atoms with Gasteiger partial charge < -0.3 is 10.1 Å². The largest absolute Gasteiger partial charge is 0.462 e. The highest BCUT2D eigenvalue weighted by Crippen LogP contribution is 2.38. The SMILES string of the molecule is CCOC(=O)c1c(NC(=O)CN2CCN(CCN3C(=O)c4cccc5cccc(c45)C3=O)CC2)sc2c1CCCC2. The number of thiophene rings is 1. The van der Waals surface area contributed by atoms with Crippen molar-refractivity contribution in [2.24, 2.45) is 0 Å². The molecule has 0 bridgehead atoms. The van der Waals surface area contributed by atoms with Crippen molar-refractivity contribution >= 4 is 50.8 Å². The van der Waals surface area contributed by atoms with Crippen LogP contribution >= 0.6 is 11.3 Å². The van der Waals surface area contributed by atoms with Gasteiger partial charge in [-0.2, -0.15) is 0 Å². The van der Waals surface area contributed by atoms with Gasteiger partial charge in [0.05, 0.1) is 18.7 Å². The Labute approximate surface area is 243 Å². The number of nitrogens with one attached hydrogen (secondary N) is 1. The van der Waals surface area contributed by atoms with Gasteiger partial charge in [0.25, 0.3) is 11.8 Å². The van der Waals surface area contributed by atoms with E-state index in [-0.39, 0.29) is 30.2 Å². The molecule has 2 aliphatic heterocycles. The molecule has 3 heterocycles. The molecule has 1 fully saturated rings. The standard InChI is InChI=1S/C31H34N4O5S/c1-2-40-31(39)27-21-9-3-4-12-24(21)41-28(27)32-25(36)19-34-15-13-33(14-16-34)17-18-35-29(37)22-10-5-7-20-8-6-11-23(26(20)22)30(35)38/h5-8,10-11H,2-4,9,12-19H2,1H3,(H,32,36). The first-order valence-electron chi connectivity index (χ1n) is 14.4. The minimum Gasteiger partial charge on any atom is -0.462 e. The average molecular weight is 575 g/mol. The van der Waals surface area contributed by atoms with E-state index in [4.69, 9.17) is 4.74 Å². The van der Waals surface area contributed by atoms with Gasteiger partial charge >= 0.3 is 5.97 Å². The van der Waals surface area contributed by atoms with Crippen molar-refractivity contribution in [2.75, 3.05) is 57.7 Å². The fourth-order valence-electron chi connectivity index (χ4n) is 6.14. The van der Waals surface area contributed by atoms with Crippen LogP contribution in [-0.4, -0.2) is 90.8 Å². The van der Waals surface area contributed by atoms with Gasteiger partial charge in [0.15, 0.2) is 0 Å². The predicted octanol–water partition coefficient (Wildman–Crippen LogP) is 3.81. The number of fused-ring (bicyclic) bond motifs is 1. The summed E-state index contributed by atoms with van der Waals surface area (Å²) in [6.07, 6.45) is 3.91. The summed E-state index contributed by atoms with van der Waals surface area (Å²) >= 11 is 1.50. The number of piperazine rings is 1. The summed E-state index contributed by atoms with van der Waals surface area (Å²) in [7, 11) is 0. The van der Waals surface area contributed by atoms with Crippen molar-refractivity contribution < 1.29 is 23.9 Å². The first-order chi connectivity index (χ1) is 19.9. The molecule has 0 radical (unpaired) electrons. The maximum Gasteiger partial charge on any atom is 0.341 e. The second-order valence-corrected chi connectivity index (χ2v) is 11.9. The average Bonchev–Trinajstić information content (AvgIpc) is 3.34. The maximum atomic E-state index is 13.2. The fraction of sp³-hybridized carbons (Fsp3) is 0.419. The van der Waals surface area contributed by atoms with E-state index in [0.717, 1.165) is 55.1 Å². The normalized spacial score (nSPS) is 17.5. The van der Waals surface area contributed by atoms with Crippen LogP contribution in [0.25, 0.3) is 10.8 Å². The van der Waals surface area contributed by atoms with Crippen LogP contribution in [0.4, 0.5) is 5.00 Å². The Bertz CT molecular complexity index is 1470. The molecule has 41 heavy (non-hydrogen) atoms. The van der Waals surface area contributed by atoms with Crippen molar-refractivity contribution in [3.05, 3.63) is 63.5 Å². The summed E-state index contributed by atoms with van der Waals surface area (Å²) in [5.74, 6) is -0.985. The van der Waals surface area contributed by atoms with Crippen molar-refractivity contribution in [2.45, 2.75) is 32.6 Å². The summed E-state index contributed by atoms with van der Waals surface area (Å²) in [5.41, 5.74) is 2.72. The van der Waals surface area contributed by atoms with Crippen LogP contribution < -0.4 is 5.32 Å². The Morgan fingerprint density at radius 2 is 1.56 bits per heavy atom. The van der Waals surface area contributed by atoms with E-state index in [9.17, 15) is 19.2 Å². The summed E-state index contributed by atoms with van der Waals surface area (Å²) in [5, 5.41) is 5.25. The van der Waals surface area contributed by atoms with Crippen molar-refractivity contribution in [1.29, 1.82) is 0 Å². The first kappa shape index (κ1) is 27.6. The van der Waals surface area contributed by atoms with Gasteiger partial charge in [0.1, 0.15) is 5.00 Å². The quantitative estimate of drug-likeness (QED) is 0.323. The van der Waals surface area contributed by atoms with Crippen LogP contribution in [0, 0.1) is 0 Å². The number of imide groups is 1. The lowest BCUT2D eigenvalue weighted by molar-refractivity contribution is -0.117. The van der Waals surface area contributed by atoms with E-state index in [2.05, 4.69) is 15.1 Å².